The molecule has 0 radical (unpaired) electrons. The Hall–Kier alpha value is -1.44. The van der Waals surface area contributed by atoms with Crippen LogP contribution < -0.4 is 0 Å². The number of aliphatic imine (C=N–C) groups is 1. The third kappa shape index (κ3) is 2.80. The van der Waals surface area contributed by atoms with Crippen molar-refractivity contribution in [1.82, 2.24) is 4.98 Å². The van der Waals surface area contributed by atoms with Crippen LogP contribution in [0.4, 0.5) is 0 Å². The van der Waals surface area contributed by atoms with Crippen molar-refractivity contribution in [2.24, 2.45) is 4.99 Å². The number of nitrogens with zero attached hydrogens (tertiary/aromatic N) is 2. The van der Waals surface area contributed by atoms with Gasteiger partial charge in [0.05, 0.1) is 5.71 Å². The summed E-state index contributed by atoms with van der Waals surface area (Å²) in [5.41, 5.74) is 3.40. The summed E-state index contributed by atoms with van der Waals surface area (Å²) in [5.74, 6) is 0. The van der Waals surface area contributed by atoms with Crippen LogP contribution in [0.2, 0.25) is 0 Å². The van der Waals surface area contributed by atoms with Crippen LogP contribution in [-0.4, -0.2) is 17.7 Å². The minimum atomic E-state index is 0.998. The van der Waals surface area contributed by atoms with Crippen molar-refractivity contribution in [1.29, 1.82) is 0 Å². The summed E-state index contributed by atoms with van der Waals surface area (Å²) in [4.78, 5) is 8.32. The first-order chi connectivity index (χ1) is 6.77. The van der Waals surface area contributed by atoms with Gasteiger partial charge in [0.2, 0.25) is 0 Å². The fourth-order valence-corrected chi connectivity index (χ4v) is 1.13. The van der Waals surface area contributed by atoms with Crippen LogP contribution in [-0.2, 0) is 0 Å². The highest BCUT2D eigenvalue weighted by atomic mass is 14.7. The predicted molar refractivity (Wildman–Crippen MR) is 60.7 cm³/mol. The van der Waals surface area contributed by atoms with E-state index in [-0.39, 0.29) is 0 Å². The van der Waals surface area contributed by atoms with E-state index in [0.717, 1.165) is 17.7 Å². The van der Waals surface area contributed by atoms with Gasteiger partial charge in [-0.25, -0.2) is 0 Å². The Kier molecular flexibility index (Phi) is 4.05. The van der Waals surface area contributed by atoms with Gasteiger partial charge in [-0.05, 0) is 31.6 Å². The average Bonchev–Trinajstić information content (AvgIpc) is 2.26. The number of pyridine rings is 1. The lowest BCUT2D eigenvalue weighted by Gasteiger charge is -2.01. The number of rotatable bonds is 3. The summed E-state index contributed by atoms with van der Waals surface area (Å²) in [7, 11) is 1.81. The van der Waals surface area contributed by atoms with Gasteiger partial charge < -0.3 is 0 Å². The molecule has 0 bridgehead atoms. The maximum absolute atomic E-state index is 4.25. The van der Waals surface area contributed by atoms with Crippen molar-refractivity contribution in [3.8, 4) is 0 Å². The molecule has 0 N–H and O–H groups in total. The minimum absolute atomic E-state index is 0.998. The summed E-state index contributed by atoms with van der Waals surface area (Å²) in [6.07, 6.45) is 6.77. The monoisotopic (exact) mass is 188 g/mol. The quantitative estimate of drug-likeness (QED) is 0.669. The number of hydrogen-bond acceptors (Lipinski definition) is 2. The summed E-state index contributed by atoms with van der Waals surface area (Å²) in [6, 6.07) is 3.95. The maximum atomic E-state index is 4.25. The Morgan fingerprint density at radius 1 is 1.57 bits per heavy atom. The van der Waals surface area contributed by atoms with Gasteiger partial charge in [-0.15, -0.1) is 0 Å². The van der Waals surface area contributed by atoms with E-state index in [1.54, 1.807) is 6.20 Å². The van der Waals surface area contributed by atoms with E-state index in [1.807, 2.05) is 25.4 Å². The van der Waals surface area contributed by atoms with Gasteiger partial charge in [-0.3, -0.25) is 9.98 Å². The molecule has 0 aliphatic heterocycles. The van der Waals surface area contributed by atoms with E-state index in [0.29, 0.717) is 0 Å². The summed E-state index contributed by atoms with van der Waals surface area (Å²) >= 11 is 0. The predicted octanol–water partition coefficient (Wildman–Crippen LogP) is 2.86. The van der Waals surface area contributed by atoms with Gasteiger partial charge in [0.1, 0.15) is 0 Å². The molecule has 0 aromatic carbocycles. The Morgan fingerprint density at radius 2 is 2.36 bits per heavy atom. The van der Waals surface area contributed by atoms with Crippen molar-refractivity contribution in [3.05, 3.63) is 41.7 Å². The van der Waals surface area contributed by atoms with E-state index in [9.17, 15) is 0 Å². The summed E-state index contributed by atoms with van der Waals surface area (Å²) < 4.78 is 0. The van der Waals surface area contributed by atoms with Crippen LogP contribution >= 0.6 is 0 Å². The van der Waals surface area contributed by atoms with Crippen LogP contribution in [0.1, 0.15) is 25.8 Å². The van der Waals surface area contributed by atoms with Crippen LogP contribution in [0.25, 0.3) is 0 Å². The highest BCUT2D eigenvalue weighted by Gasteiger charge is 1.98. The molecule has 0 saturated heterocycles. The van der Waals surface area contributed by atoms with Gasteiger partial charge in [0.15, 0.2) is 0 Å². The maximum Gasteiger partial charge on any atom is 0.0658 e. The SMILES string of the molecule is CC/C(C)=C/C(=NC)c1cccnc1. The van der Waals surface area contributed by atoms with Crippen molar-refractivity contribution < 1.29 is 0 Å². The molecule has 0 spiro atoms. The molecule has 0 amide bonds. The highest BCUT2D eigenvalue weighted by Crippen LogP contribution is 2.05. The Bertz CT molecular complexity index is 337. The molecule has 74 valence electrons. The normalized spacial score (nSPS) is 13.1. The molecule has 2 heteroatoms. The Labute approximate surface area is 85.4 Å². The van der Waals surface area contributed by atoms with E-state index in [4.69, 9.17) is 0 Å². The van der Waals surface area contributed by atoms with E-state index in [1.165, 1.54) is 5.57 Å². The van der Waals surface area contributed by atoms with E-state index in [2.05, 4.69) is 29.9 Å². The third-order valence-electron chi connectivity index (χ3n) is 2.14. The Morgan fingerprint density at radius 3 is 2.86 bits per heavy atom. The second kappa shape index (κ2) is 5.32. The highest BCUT2D eigenvalue weighted by molar-refractivity contribution is 6.08. The first-order valence-corrected chi connectivity index (χ1v) is 4.82. The first kappa shape index (κ1) is 10.6. The summed E-state index contributed by atoms with van der Waals surface area (Å²) in [6.45, 7) is 4.25. The van der Waals surface area contributed by atoms with E-state index >= 15 is 0 Å². The van der Waals surface area contributed by atoms with Crippen LogP contribution in [0, 0.1) is 0 Å². The molecule has 0 unspecified atom stereocenters. The molecule has 0 fully saturated rings. The number of hydrogen-bond donors (Lipinski definition) is 0. The molecule has 1 rings (SSSR count). The molecule has 0 aliphatic rings. The zero-order chi connectivity index (χ0) is 10.4. The van der Waals surface area contributed by atoms with Crippen molar-refractivity contribution in [2.45, 2.75) is 20.3 Å². The fourth-order valence-electron chi connectivity index (χ4n) is 1.13. The molecule has 0 atom stereocenters. The van der Waals surface area contributed by atoms with E-state index < -0.39 is 0 Å². The largest absolute Gasteiger partial charge is 0.288 e. The van der Waals surface area contributed by atoms with Crippen molar-refractivity contribution in [2.75, 3.05) is 7.05 Å². The van der Waals surface area contributed by atoms with Gasteiger partial charge in [0.25, 0.3) is 0 Å². The molecular weight excluding hydrogens is 172 g/mol. The molecule has 0 saturated carbocycles. The van der Waals surface area contributed by atoms with Gasteiger partial charge in [0, 0.05) is 25.0 Å². The lowest BCUT2D eigenvalue weighted by atomic mass is 10.1. The lowest BCUT2D eigenvalue weighted by molar-refractivity contribution is 1.10. The smallest absolute Gasteiger partial charge is 0.0658 e. The summed E-state index contributed by atoms with van der Waals surface area (Å²) in [5, 5.41) is 0. The second-order valence-corrected chi connectivity index (χ2v) is 3.19. The Balaban J connectivity index is 2.96. The van der Waals surface area contributed by atoms with Crippen molar-refractivity contribution in [3.63, 3.8) is 0 Å². The topological polar surface area (TPSA) is 25.2 Å². The van der Waals surface area contributed by atoms with Crippen LogP contribution in [0.5, 0.6) is 0 Å². The molecular formula is C12H16N2. The lowest BCUT2D eigenvalue weighted by Crippen LogP contribution is -1.98. The van der Waals surface area contributed by atoms with Crippen LogP contribution in [0.15, 0.2) is 41.2 Å². The first-order valence-electron chi connectivity index (χ1n) is 4.82. The number of aromatic nitrogens is 1. The third-order valence-corrected chi connectivity index (χ3v) is 2.14. The molecule has 1 aromatic heterocycles. The molecule has 0 aliphatic carbocycles. The molecule has 2 nitrogen and oxygen atoms in total. The van der Waals surface area contributed by atoms with Gasteiger partial charge in [-0.2, -0.15) is 0 Å². The fraction of sp³-hybridized carbons (Fsp3) is 0.333. The van der Waals surface area contributed by atoms with Crippen LogP contribution in [0.3, 0.4) is 0 Å². The zero-order valence-corrected chi connectivity index (χ0v) is 8.99. The van der Waals surface area contributed by atoms with Gasteiger partial charge >= 0.3 is 0 Å². The second-order valence-electron chi connectivity index (χ2n) is 3.19. The standard InChI is InChI=1S/C12H16N2/c1-4-10(2)8-12(13-3)11-6-5-7-14-9-11/h5-9H,4H2,1-3H3/b10-8+,13-12?. The average molecular weight is 188 g/mol. The molecule has 14 heavy (non-hydrogen) atoms. The van der Waals surface area contributed by atoms with Gasteiger partial charge in [-0.1, -0.05) is 12.5 Å². The molecule has 1 heterocycles. The zero-order valence-electron chi connectivity index (χ0n) is 8.99. The van der Waals surface area contributed by atoms with Crippen molar-refractivity contribution >= 4 is 5.71 Å². The number of allylic oxidation sites excluding steroid dienone is 2. The molecule has 1 aromatic rings. The minimum Gasteiger partial charge on any atom is -0.288 e.